The van der Waals surface area contributed by atoms with Crippen molar-refractivity contribution in [2.45, 2.75) is 109 Å². The quantitative estimate of drug-likeness (QED) is 0.238. The van der Waals surface area contributed by atoms with Crippen molar-refractivity contribution in [1.82, 2.24) is 25.5 Å². The first-order valence-corrected chi connectivity index (χ1v) is 19.2. The Hall–Kier alpha value is -3.79. The van der Waals surface area contributed by atoms with Crippen LogP contribution in [0.15, 0.2) is 22.8 Å². The average Bonchev–Trinajstić information content (AvgIpc) is 3.84. The molecule has 0 bridgehead atoms. The average molecular weight is 699 g/mol. The minimum absolute atomic E-state index is 0.0279. The lowest BCUT2D eigenvalue weighted by molar-refractivity contribution is -0.122. The highest BCUT2D eigenvalue weighted by Crippen LogP contribution is 2.52. The van der Waals surface area contributed by atoms with Crippen molar-refractivity contribution in [3.63, 3.8) is 0 Å². The first-order valence-electron chi connectivity index (χ1n) is 18.4. The van der Waals surface area contributed by atoms with E-state index in [2.05, 4.69) is 35.5 Å². The zero-order valence-electron chi connectivity index (χ0n) is 29.9. The van der Waals surface area contributed by atoms with E-state index < -0.39 is 11.0 Å². The molecule has 12 heteroatoms. The molecule has 1 saturated heterocycles. The summed E-state index contributed by atoms with van der Waals surface area (Å²) >= 11 is 1.67. The zero-order valence-corrected chi connectivity index (χ0v) is 30.7. The number of nitrogens with one attached hydrogen (secondary N) is 2. The third-order valence-corrected chi connectivity index (χ3v) is 12.9. The van der Waals surface area contributed by atoms with Gasteiger partial charge in [-0.2, -0.15) is 10.2 Å². The Morgan fingerprint density at radius 3 is 2.80 bits per heavy atom. The van der Waals surface area contributed by atoms with Gasteiger partial charge in [-0.1, -0.05) is 6.92 Å². The molecular weight excluding hydrogens is 649 g/mol. The maximum atomic E-state index is 14.8. The molecule has 11 nitrogen and oxygen atoms in total. The largest absolute Gasteiger partial charge is 0.474 e. The summed E-state index contributed by atoms with van der Waals surface area (Å²) in [5.41, 5.74) is 10.1. The molecule has 1 saturated carbocycles. The minimum Gasteiger partial charge on any atom is -0.474 e. The molecule has 5 heterocycles. The van der Waals surface area contributed by atoms with E-state index in [0.717, 1.165) is 92.0 Å². The van der Waals surface area contributed by atoms with Gasteiger partial charge in [0, 0.05) is 34.6 Å². The second kappa shape index (κ2) is 14.1. The first kappa shape index (κ1) is 34.6. The van der Waals surface area contributed by atoms with Gasteiger partial charge >= 0.3 is 0 Å². The second-order valence-corrected chi connectivity index (χ2v) is 15.8. The molecule has 0 radical (unpaired) electrons. The lowest BCUT2D eigenvalue weighted by Gasteiger charge is -2.40. The Morgan fingerprint density at radius 1 is 1.28 bits per heavy atom. The number of thiophene rings is 1. The van der Waals surface area contributed by atoms with Crippen molar-refractivity contribution in [2.75, 3.05) is 33.4 Å². The molecule has 2 aliphatic carbocycles. The standard InChI is InChI=1S/C38H50N8O3S/c1-5-25(10-8-16-41-4)23(2)49-35-28-21-46(36-42-17-9-18-43-36)38(15-19-48-22-38)32(28)44-34(45-35)31(40)26-11-6-13-37(33(26)47)14-7-12-29-30(37)27(20-39)24(3)50-29/h9,17,23,25,41H,5-8,10-16,18-19,21-22,40H2,1-4H3,(H,42,43)/b31-26-/t23-,25-,37-,38-/m0/s1. The third-order valence-electron chi connectivity index (χ3n) is 11.7. The fraction of sp³-hybridized carbons (Fsp3) is 0.605. The van der Waals surface area contributed by atoms with E-state index in [1.54, 1.807) is 11.3 Å². The summed E-state index contributed by atoms with van der Waals surface area (Å²) in [7, 11) is 1.98. The molecule has 4 atom stereocenters. The SMILES string of the molecule is CC[C@@H](CCCNC)[C@H](C)Oc1nc(/C(N)=C2\CCC[C@@]3(CCCc4sc(C)c(C#N)c43)C2=O)nc2c1CN(C1=NCC=CN1)[C@]21CCOC1. The fourth-order valence-corrected chi connectivity index (χ4v) is 10.3. The van der Waals surface area contributed by atoms with E-state index in [0.29, 0.717) is 67.2 Å². The molecule has 0 aromatic carbocycles. The Kier molecular flexibility index (Phi) is 9.76. The van der Waals surface area contributed by atoms with Gasteiger partial charge in [-0.05, 0) is 103 Å². The predicted octanol–water partition coefficient (Wildman–Crippen LogP) is 5.11. The summed E-state index contributed by atoms with van der Waals surface area (Å²) in [6.45, 7) is 9.45. The summed E-state index contributed by atoms with van der Waals surface area (Å²) in [6.07, 6.45) is 12.3. The van der Waals surface area contributed by atoms with Gasteiger partial charge < -0.3 is 30.7 Å². The molecule has 2 aromatic rings. The molecule has 4 N–H and O–H groups in total. The maximum Gasteiger partial charge on any atom is 0.222 e. The number of ether oxygens (including phenoxy) is 2. The number of ketones is 1. The molecular formula is C38H50N8O3S. The smallest absolute Gasteiger partial charge is 0.222 e. The summed E-state index contributed by atoms with van der Waals surface area (Å²) in [4.78, 5) is 34.4. The Bertz CT molecular complexity index is 1780. The van der Waals surface area contributed by atoms with Crippen LogP contribution in [0.25, 0.3) is 5.70 Å². The van der Waals surface area contributed by atoms with Gasteiger partial charge in [-0.3, -0.25) is 4.79 Å². The lowest BCUT2D eigenvalue weighted by Crippen LogP contribution is -2.50. The number of nitrogens with two attached hydrogens (primary N) is 1. The molecule has 2 aromatic heterocycles. The van der Waals surface area contributed by atoms with Gasteiger partial charge in [0.1, 0.15) is 17.7 Å². The number of carbonyl (C=O) groups excluding carboxylic acids is 1. The normalized spacial score (nSPS) is 26.3. The number of hydrogen-bond acceptors (Lipinski definition) is 12. The highest BCUT2D eigenvalue weighted by Gasteiger charge is 2.53. The Balaban J connectivity index is 1.33. The van der Waals surface area contributed by atoms with Crippen LogP contribution in [0.3, 0.4) is 0 Å². The minimum atomic E-state index is -0.733. The van der Waals surface area contributed by atoms with Crippen molar-refractivity contribution in [3.8, 4) is 11.9 Å². The number of Topliss-reactive ketones (excluding diaryl/α,β-unsaturated/α-hetero) is 1. The van der Waals surface area contributed by atoms with Gasteiger partial charge in [0.2, 0.25) is 5.88 Å². The molecule has 0 unspecified atom stereocenters. The number of rotatable bonds is 9. The Morgan fingerprint density at radius 2 is 2.10 bits per heavy atom. The van der Waals surface area contributed by atoms with Crippen molar-refractivity contribution in [1.29, 1.82) is 5.26 Å². The molecule has 266 valence electrons. The highest BCUT2D eigenvalue weighted by molar-refractivity contribution is 7.12. The van der Waals surface area contributed by atoms with Crippen LogP contribution in [0, 0.1) is 24.2 Å². The number of aryl methyl sites for hydroxylation is 2. The van der Waals surface area contributed by atoms with Crippen LogP contribution in [0.2, 0.25) is 0 Å². The van der Waals surface area contributed by atoms with Gasteiger partial charge in [-0.25, -0.2) is 9.98 Å². The van der Waals surface area contributed by atoms with E-state index in [4.69, 9.17) is 30.2 Å². The third kappa shape index (κ3) is 5.71. The number of aromatic nitrogens is 2. The molecule has 2 fully saturated rings. The molecule has 50 heavy (non-hydrogen) atoms. The van der Waals surface area contributed by atoms with Gasteiger partial charge in [-0.15, -0.1) is 11.3 Å². The van der Waals surface area contributed by atoms with Gasteiger partial charge in [0.25, 0.3) is 0 Å². The van der Waals surface area contributed by atoms with Crippen molar-refractivity contribution >= 4 is 28.8 Å². The van der Waals surface area contributed by atoms with Crippen LogP contribution < -0.4 is 21.1 Å². The number of nitrogens with zero attached hydrogens (tertiary/aromatic N) is 5. The fourth-order valence-electron chi connectivity index (χ4n) is 9.04. The van der Waals surface area contributed by atoms with Crippen LogP contribution in [0.4, 0.5) is 0 Å². The van der Waals surface area contributed by atoms with Crippen LogP contribution in [-0.2, 0) is 33.5 Å². The molecule has 0 amide bonds. The molecule has 2 spiro atoms. The Labute approximate surface area is 299 Å². The van der Waals surface area contributed by atoms with Crippen molar-refractivity contribution < 1.29 is 14.3 Å². The van der Waals surface area contributed by atoms with Crippen LogP contribution in [-0.4, -0.2) is 66.1 Å². The molecule has 5 aliphatic rings. The number of hydrogen-bond donors (Lipinski definition) is 3. The van der Waals surface area contributed by atoms with E-state index >= 15 is 0 Å². The monoisotopic (exact) mass is 698 g/mol. The van der Waals surface area contributed by atoms with Crippen LogP contribution in [0.1, 0.15) is 110 Å². The first-order chi connectivity index (χ1) is 24.3. The van der Waals surface area contributed by atoms with Crippen molar-refractivity contribution in [2.24, 2.45) is 16.6 Å². The van der Waals surface area contributed by atoms with Crippen LogP contribution in [0.5, 0.6) is 5.88 Å². The van der Waals surface area contributed by atoms with Crippen LogP contribution >= 0.6 is 11.3 Å². The van der Waals surface area contributed by atoms with Gasteiger partial charge in [0.05, 0.1) is 47.6 Å². The number of aliphatic imine (C=N–C) groups is 1. The number of guanidine groups is 1. The summed E-state index contributed by atoms with van der Waals surface area (Å²) in [5.74, 6) is 2.00. The number of nitriles is 1. The van der Waals surface area contributed by atoms with E-state index in [1.807, 2.05) is 26.2 Å². The molecule has 7 rings (SSSR count). The highest BCUT2D eigenvalue weighted by atomic mass is 32.1. The number of allylic oxidation sites excluding steroid dienone is 1. The molecule has 3 aliphatic heterocycles. The lowest BCUT2D eigenvalue weighted by atomic mass is 9.61. The summed E-state index contributed by atoms with van der Waals surface area (Å²) < 4.78 is 12.9. The number of fused-ring (bicyclic) bond motifs is 4. The van der Waals surface area contributed by atoms with Crippen molar-refractivity contribution in [3.05, 3.63) is 55.8 Å². The summed E-state index contributed by atoms with van der Waals surface area (Å²) in [6, 6.07) is 2.44. The predicted molar refractivity (Wildman–Crippen MR) is 195 cm³/mol. The van der Waals surface area contributed by atoms with Gasteiger partial charge in [0.15, 0.2) is 17.6 Å². The number of carbonyl (C=O) groups is 1. The van der Waals surface area contributed by atoms with E-state index in [1.165, 1.54) is 4.88 Å². The maximum absolute atomic E-state index is 14.8. The second-order valence-electron chi connectivity index (χ2n) is 14.5. The summed E-state index contributed by atoms with van der Waals surface area (Å²) in [5, 5.41) is 16.8. The van der Waals surface area contributed by atoms with E-state index in [9.17, 15) is 10.1 Å². The topological polar surface area (TPSA) is 151 Å². The zero-order chi connectivity index (χ0) is 35.0. The van der Waals surface area contributed by atoms with E-state index in [-0.39, 0.29) is 11.9 Å².